The Balaban J connectivity index is 1.45. The molecule has 24 heavy (non-hydrogen) atoms. The summed E-state index contributed by atoms with van der Waals surface area (Å²) >= 11 is 0. The van der Waals surface area contributed by atoms with Crippen LogP contribution in [0.3, 0.4) is 0 Å². The zero-order chi connectivity index (χ0) is 16.4. The van der Waals surface area contributed by atoms with Crippen molar-refractivity contribution in [1.82, 2.24) is 29.9 Å². The standard InChI is InChI=1S/C17H20N6O/c1-22-14(4-7-20-22)11-23-8-9-24-17(12-23)16-3-2-13(10-18-16)15-5-6-19-21-15/h2-7,10,17H,8-9,11-12H2,1H3,(H,19,21)/t17-/m1/s1. The summed E-state index contributed by atoms with van der Waals surface area (Å²) in [5, 5.41) is 11.2. The SMILES string of the molecule is Cn1nccc1CN1CCO[C@@H](c2ccc(-c3ccn[nH]3)cn2)C1. The first kappa shape index (κ1) is 15.0. The fraction of sp³-hybridized carbons (Fsp3) is 0.353. The van der Waals surface area contributed by atoms with Crippen molar-refractivity contribution in [1.29, 1.82) is 0 Å². The molecular weight excluding hydrogens is 304 g/mol. The topological polar surface area (TPSA) is 71.9 Å². The van der Waals surface area contributed by atoms with Gasteiger partial charge >= 0.3 is 0 Å². The number of rotatable bonds is 4. The van der Waals surface area contributed by atoms with Crippen LogP contribution in [0.5, 0.6) is 0 Å². The monoisotopic (exact) mass is 324 g/mol. The van der Waals surface area contributed by atoms with Gasteiger partial charge in [-0.25, -0.2) is 0 Å². The lowest BCUT2D eigenvalue weighted by atomic mass is 10.1. The van der Waals surface area contributed by atoms with Gasteiger partial charge in [-0.1, -0.05) is 0 Å². The minimum Gasteiger partial charge on any atom is -0.369 e. The molecule has 1 N–H and O–H groups in total. The van der Waals surface area contributed by atoms with Gasteiger partial charge < -0.3 is 4.74 Å². The van der Waals surface area contributed by atoms with Gasteiger partial charge in [-0.05, 0) is 24.3 Å². The quantitative estimate of drug-likeness (QED) is 0.792. The Labute approximate surface area is 140 Å². The molecule has 4 rings (SSSR count). The van der Waals surface area contributed by atoms with Crippen molar-refractivity contribution in [3.63, 3.8) is 0 Å². The van der Waals surface area contributed by atoms with E-state index in [0.717, 1.165) is 36.6 Å². The highest BCUT2D eigenvalue weighted by molar-refractivity contribution is 5.57. The lowest BCUT2D eigenvalue weighted by molar-refractivity contribution is -0.0356. The second kappa shape index (κ2) is 6.54. The Bertz CT molecular complexity index is 780. The van der Waals surface area contributed by atoms with Crippen LogP contribution in [0.1, 0.15) is 17.5 Å². The van der Waals surface area contributed by atoms with E-state index < -0.39 is 0 Å². The summed E-state index contributed by atoms with van der Waals surface area (Å²) in [5.74, 6) is 0. The van der Waals surface area contributed by atoms with Gasteiger partial charge in [-0.2, -0.15) is 10.2 Å². The number of ether oxygens (including phenoxy) is 1. The van der Waals surface area contributed by atoms with Gasteiger partial charge in [-0.3, -0.25) is 19.7 Å². The number of nitrogens with zero attached hydrogens (tertiary/aromatic N) is 5. The largest absolute Gasteiger partial charge is 0.369 e. The average Bonchev–Trinajstić information content (AvgIpc) is 3.28. The van der Waals surface area contributed by atoms with E-state index in [9.17, 15) is 0 Å². The third kappa shape index (κ3) is 3.08. The summed E-state index contributed by atoms with van der Waals surface area (Å²) < 4.78 is 7.85. The summed E-state index contributed by atoms with van der Waals surface area (Å²) in [4.78, 5) is 6.97. The second-order valence-electron chi connectivity index (χ2n) is 5.98. The van der Waals surface area contributed by atoms with E-state index in [0.29, 0.717) is 6.61 Å². The highest BCUT2D eigenvalue weighted by atomic mass is 16.5. The maximum atomic E-state index is 5.93. The van der Waals surface area contributed by atoms with Crippen LogP contribution in [0.2, 0.25) is 0 Å². The molecule has 0 aliphatic carbocycles. The number of H-pyrrole nitrogens is 1. The number of hydrogen-bond acceptors (Lipinski definition) is 5. The molecule has 0 radical (unpaired) electrons. The number of aryl methyl sites for hydroxylation is 1. The summed E-state index contributed by atoms with van der Waals surface area (Å²) in [7, 11) is 1.98. The predicted octanol–water partition coefficient (Wildman–Crippen LogP) is 1.78. The van der Waals surface area contributed by atoms with Crippen molar-refractivity contribution >= 4 is 0 Å². The minimum atomic E-state index is 0.00259. The molecule has 1 aliphatic rings. The van der Waals surface area contributed by atoms with Crippen LogP contribution in [0.4, 0.5) is 0 Å². The summed E-state index contributed by atoms with van der Waals surface area (Å²) in [6.07, 6.45) is 5.45. The van der Waals surface area contributed by atoms with Gasteiger partial charge in [0.15, 0.2) is 0 Å². The molecule has 0 spiro atoms. The predicted molar refractivity (Wildman–Crippen MR) is 89.0 cm³/mol. The minimum absolute atomic E-state index is 0.00259. The van der Waals surface area contributed by atoms with Crippen molar-refractivity contribution in [3.05, 3.63) is 54.2 Å². The molecule has 3 aromatic heterocycles. The molecule has 124 valence electrons. The van der Waals surface area contributed by atoms with Crippen LogP contribution in [-0.4, -0.2) is 49.6 Å². The first-order valence-corrected chi connectivity index (χ1v) is 8.06. The summed E-state index contributed by atoms with van der Waals surface area (Å²) in [6, 6.07) is 8.08. The van der Waals surface area contributed by atoms with Gasteiger partial charge in [0, 0.05) is 50.8 Å². The molecule has 3 aromatic rings. The third-order valence-electron chi connectivity index (χ3n) is 4.39. The van der Waals surface area contributed by atoms with Crippen LogP contribution in [-0.2, 0) is 18.3 Å². The van der Waals surface area contributed by atoms with Gasteiger partial charge in [0.25, 0.3) is 0 Å². The van der Waals surface area contributed by atoms with E-state index in [1.54, 1.807) is 6.20 Å². The molecule has 0 unspecified atom stereocenters. The molecule has 1 fully saturated rings. The highest BCUT2D eigenvalue weighted by Gasteiger charge is 2.23. The molecule has 0 bridgehead atoms. The first-order chi connectivity index (χ1) is 11.8. The van der Waals surface area contributed by atoms with E-state index in [1.807, 2.05) is 36.3 Å². The maximum Gasteiger partial charge on any atom is 0.112 e. The fourth-order valence-electron chi connectivity index (χ4n) is 2.98. The number of aromatic amines is 1. The lowest BCUT2D eigenvalue weighted by Gasteiger charge is -2.32. The highest BCUT2D eigenvalue weighted by Crippen LogP contribution is 2.23. The molecule has 0 aromatic carbocycles. The second-order valence-corrected chi connectivity index (χ2v) is 5.98. The van der Waals surface area contributed by atoms with E-state index in [4.69, 9.17) is 4.74 Å². The van der Waals surface area contributed by atoms with Gasteiger partial charge in [-0.15, -0.1) is 0 Å². The number of hydrogen-bond donors (Lipinski definition) is 1. The number of aromatic nitrogens is 5. The Morgan fingerprint density at radius 2 is 2.21 bits per heavy atom. The van der Waals surface area contributed by atoms with E-state index in [2.05, 4.69) is 37.3 Å². The van der Waals surface area contributed by atoms with Crippen molar-refractivity contribution in [2.45, 2.75) is 12.6 Å². The third-order valence-corrected chi connectivity index (χ3v) is 4.39. The van der Waals surface area contributed by atoms with Gasteiger partial charge in [0.1, 0.15) is 6.10 Å². The molecule has 0 saturated carbocycles. The number of morpholine rings is 1. The summed E-state index contributed by atoms with van der Waals surface area (Å²) in [6.45, 7) is 3.35. The average molecular weight is 324 g/mol. The number of nitrogens with one attached hydrogen (secondary N) is 1. The van der Waals surface area contributed by atoms with Crippen LogP contribution in [0, 0.1) is 0 Å². The Hall–Kier alpha value is -2.51. The van der Waals surface area contributed by atoms with Crippen molar-refractivity contribution in [2.75, 3.05) is 19.7 Å². The van der Waals surface area contributed by atoms with E-state index >= 15 is 0 Å². The van der Waals surface area contributed by atoms with Crippen molar-refractivity contribution < 1.29 is 4.74 Å². The lowest BCUT2D eigenvalue weighted by Crippen LogP contribution is -2.38. The molecular formula is C17H20N6O. The zero-order valence-electron chi connectivity index (χ0n) is 13.6. The normalized spacial score (nSPS) is 18.8. The maximum absolute atomic E-state index is 5.93. The van der Waals surface area contributed by atoms with Crippen LogP contribution < -0.4 is 0 Å². The van der Waals surface area contributed by atoms with Crippen molar-refractivity contribution in [2.24, 2.45) is 7.05 Å². The molecule has 0 amide bonds. The van der Waals surface area contributed by atoms with E-state index in [-0.39, 0.29) is 6.10 Å². The van der Waals surface area contributed by atoms with Gasteiger partial charge in [0.2, 0.25) is 0 Å². The summed E-state index contributed by atoms with van der Waals surface area (Å²) in [5.41, 5.74) is 4.17. The molecule has 1 saturated heterocycles. The Kier molecular flexibility index (Phi) is 4.10. The molecule has 7 heteroatoms. The zero-order valence-corrected chi connectivity index (χ0v) is 13.6. The van der Waals surface area contributed by atoms with Gasteiger partial charge in [0.05, 0.1) is 23.7 Å². The molecule has 7 nitrogen and oxygen atoms in total. The molecule has 1 atom stereocenters. The van der Waals surface area contributed by atoms with Crippen LogP contribution >= 0.6 is 0 Å². The smallest absolute Gasteiger partial charge is 0.112 e. The molecule has 1 aliphatic heterocycles. The van der Waals surface area contributed by atoms with E-state index in [1.165, 1.54) is 5.69 Å². The first-order valence-electron chi connectivity index (χ1n) is 8.06. The Morgan fingerprint density at radius 1 is 1.25 bits per heavy atom. The van der Waals surface area contributed by atoms with Crippen molar-refractivity contribution in [3.8, 4) is 11.3 Å². The number of pyridine rings is 1. The van der Waals surface area contributed by atoms with Crippen LogP contribution in [0.25, 0.3) is 11.3 Å². The van der Waals surface area contributed by atoms with Crippen LogP contribution in [0.15, 0.2) is 42.9 Å². The molecule has 4 heterocycles. The Morgan fingerprint density at radius 3 is 2.92 bits per heavy atom. The fourth-order valence-corrected chi connectivity index (χ4v) is 2.98.